The molecule has 0 heterocycles. The van der Waals surface area contributed by atoms with Crippen LogP contribution in [0.2, 0.25) is 0 Å². The second-order valence-corrected chi connectivity index (χ2v) is 8.51. The Bertz CT molecular complexity index is 603. The molecule has 0 saturated carbocycles. The number of rotatable bonds is 7. The second-order valence-electron chi connectivity index (χ2n) is 4.43. The van der Waals surface area contributed by atoms with E-state index in [1.807, 2.05) is 6.07 Å². The lowest BCUT2D eigenvalue weighted by Crippen LogP contribution is -2.22. The maximum Gasteiger partial charge on any atom is 0.179 e. The highest BCUT2D eigenvalue weighted by Gasteiger charge is 2.18. The van der Waals surface area contributed by atoms with E-state index in [0.717, 1.165) is 0 Å². The predicted octanol–water partition coefficient (Wildman–Crippen LogP) is 0.818. The largest absolute Gasteiger partial charge is 0.330 e. The van der Waals surface area contributed by atoms with Crippen LogP contribution in [0.25, 0.3) is 0 Å². The number of hydrogen-bond donors (Lipinski definition) is 1. The first-order valence-electron chi connectivity index (χ1n) is 6.21. The third-order valence-electron chi connectivity index (χ3n) is 2.92. The third kappa shape index (κ3) is 4.71. The minimum absolute atomic E-state index is 0.101. The van der Waals surface area contributed by atoms with Gasteiger partial charge in [0.25, 0.3) is 0 Å². The summed E-state index contributed by atoms with van der Waals surface area (Å²) >= 11 is 0. The molecular weight excluding hydrogens is 296 g/mol. The third-order valence-corrected chi connectivity index (χ3v) is 6.65. The Morgan fingerprint density at radius 2 is 1.95 bits per heavy atom. The minimum atomic E-state index is -3.46. The van der Waals surface area contributed by atoms with E-state index < -0.39 is 20.6 Å². The summed E-state index contributed by atoms with van der Waals surface area (Å²) in [7, 11) is -4.66. The van der Waals surface area contributed by atoms with Crippen LogP contribution in [0.4, 0.5) is 0 Å². The molecule has 0 saturated heterocycles. The zero-order chi connectivity index (χ0) is 15.2. The van der Waals surface area contributed by atoms with Crippen molar-refractivity contribution < 1.29 is 12.6 Å². The number of nitrogens with zero attached hydrogens (tertiary/aromatic N) is 1. The Balaban J connectivity index is 2.70. The molecule has 0 fully saturated rings. The van der Waals surface area contributed by atoms with Crippen LogP contribution >= 0.6 is 0 Å². The highest BCUT2D eigenvalue weighted by molar-refractivity contribution is 7.93. The van der Waals surface area contributed by atoms with Gasteiger partial charge in [0.1, 0.15) is 0 Å². The molecule has 0 radical (unpaired) electrons. The maximum atomic E-state index is 12.1. The quantitative estimate of drug-likeness (QED) is 0.803. The van der Waals surface area contributed by atoms with Crippen molar-refractivity contribution in [2.24, 2.45) is 5.73 Å². The van der Waals surface area contributed by atoms with E-state index in [2.05, 4.69) is 0 Å². The Morgan fingerprint density at radius 3 is 2.45 bits per heavy atom. The Labute approximate surface area is 122 Å². The van der Waals surface area contributed by atoms with Crippen molar-refractivity contribution in [2.45, 2.75) is 23.5 Å². The van der Waals surface area contributed by atoms with Gasteiger partial charge in [-0.05, 0) is 37.2 Å². The van der Waals surface area contributed by atoms with E-state index in [1.165, 1.54) is 24.3 Å². The molecule has 0 aliphatic rings. The van der Waals surface area contributed by atoms with Crippen molar-refractivity contribution in [1.29, 1.82) is 5.26 Å². The summed E-state index contributed by atoms with van der Waals surface area (Å²) in [5.41, 5.74) is 5.80. The summed E-state index contributed by atoms with van der Waals surface area (Å²) in [6.07, 6.45) is 0.615. The SMILES string of the molecule is CC(CCN)S(=O)CCS(=O)(=O)c1ccc(C#N)cc1. The Morgan fingerprint density at radius 1 is 1.35 bits per heavy atom. The fraction of sp³-hybridized carbons (Fsp3) is 0.462. The smallest absolute Gasteiger partial charge is 0.179 e. The molecule has 2 unspecified atom stereocenters. The van der Waals surface area contributed by atoms with E-state index in [9.17, 15) is 12.6 Å². The molecule has 0 amide bonds. The molecule has 0 aliphatic heterocycles. The van der Waals surface area contributed by atoms with Crippen LogP contribution in [0, 0.1) is 11.3 Å². The molecule has 0 aromatic heterocycles. The van der Waals surface area contributed by atoms with Crippen molar-refractivity contribution in [3.05, 3.63) is 29.8 Å². The lowest BCUT2D eigenvalue weighted by atomic mass is 10.2. The first kappa shape index (κ1) is 16.8. The average Bonchev–Trinajstić information content (AvgIpc) is 2.45. The van der Waals surface area contributed by atoms with Crippen LogP contribution in [0.3, 0.4) is 0 Å². The van der Waals surface area contributed by atoms with Gasteiger partial charge >= 0.3 is 0 Å². The molecule has 7 heteroatoms. The molecule has 2 atom stereocenters. The summed E-state index contributed by atoms with van der Waals surface area (Å²) < 4.78 is 36.0. The van der Waals surface area contributed by atoms with Crippen molar-refractivity contribution in [1.82, 2.24) is 0 Å². The molecule has 0 aliphatic carbocycles. The summed E-state index contributed by atoms with van der Waals surface area (Å²) in [6, 6.07) is 7.65. The monoisotopic (exact) mass is 314 g/mol. The van der Waals surface area contributed by atoms with Crippen LogP contribution in [0.15, 0.2) is 29.2 Å². The van der Waals surface area contributed by atoms with Gasteiger partial charge in [0.05, 0.1) is 22.3 Å². The number of hydrogen-bond acceptors (Lipinski definition) is 5. The molecular formula is C13H18N2O3S2. The summed E-state index contributed by atoms with van der Waals surface area (Å²) in [4.78, 5) is 0.153. The van der Waals surface area contributed by atoms with E-state index >= 15 is 0 Å². The molecule has 2 N–H and O–H groups in total. The zero-order valence-corrected chi connectivity index (χ0v) is 12.9. The molecule has 0 bridgehead atoms. The van der Waals surface area contributed by atoms with Crippen LogP contribution in [0.5, 0.6) is 0 Å². The molecule has 20 heavy (non-hydrogen) atoms. The number of sulfone groups is 1. The number of nitrogens with two attached hydrogens (primary N) is 1. The normalized spacial score (nSPS) is 14.4. The van der Waals surface area contributed by atoms with Gasteiger partial charge in [-0.15, -0.1) is 0 Å². The lowest BCUT2D eigenvalue weighted by molar-refractivity contribution is 0.596. The molecule has 1 aromatic rings. The number of benzene rings is 1. The zero-order valence-electron chi connectivity index (χ0n) is 11.3. The molecule has 0 spiro atoms. The van der Waals surface area contributed by atoms with Gasteiger partial charge in [0.15, 0.2) is 9.84 Å². The van der Waals surface area contributed by atoms with E-state index in [0.29, 0.717) is 18.5 Å². The minimum Gasteiger partial charge on any atom is -0.330 e. The molecule has 5 nitrogen and oxygen atoms in total. The van der Waals surface area contributed by atoms with Crippen LogP contribution in [0.1, 0.15) is 18.9 Å². The van der Waals surface area contributed by atoms with Crippen molar-refractivity contribution in [2.75, 3.05) is 18.1 Å². The van der Waals surface area contributed by atoms with Crippen molar-refractivity contribution in [3.63, 3.8) is 0 Å². The highest BCUT2D eigenvalue weighted by atomic mass is 32.2. The fourth-order valence-electron chi connectivity index (χ4n) is 1.61. The standard InChI is InChI=1S/C13H18N2O3S2/c1-11(6-7-14)19(16)8-9-20(17,18)13-4-2-12(10-15)3-5-13/h2-5,11H,6-9,14H2,1H3. The summed E-state index contributed by atoms with van der Waals surface area (Å²) in [6.45, 7) is 2.24. The van der Waals surface area contributed by atoms with Crippen molar-refractivity contribution >= 4 is 20.6 Å². The van der Waals surface area contributed by atoms with E-state index in [4.69, 9.17) is 11.0 Å². The van der Waals surface area contributed by atoms with Crippen LogP contribution < -0.4 is 5.73 Å². The van der Waals surface area contributed by atoms with Gasteiger partial charge in [0, 0.05) is 21.8 Å². The van der Waals surface area contributed by atoms with E-state index in [1.54, 1.807) is 6.92 Å². The highest BCUT2D eigenvalue weighted by Crippen LogP contribution is 2.13. The van der Waals surface area contributed by atoms with Crippen LogP contribution in [-0.4, -0.2) is 35.9 Å². The fourth-order valence-corrected chi connectivity index (χ4v) is 4.74. The summed E-state index contributed by atoms with van der Waals surface area (Å²) in [5, 5.41) is 8.57. The maximum absolute atomic E-state index is 12.1. The van der Waals surface area contributed by atoms with Gasteiger partial charge in [-0.25, -0.2) is 8.42 Å². The van der Waals surface area contributed by atoms with Gasteiger partial charge < -0.3 is 5.73 Å². The Kier molecular flexibility index (Phi) is 6.33. The van der Waals surface area contributed by atoms with Gasteiger partial charge in [0.2, 0.25) is 0 Å². The lowest BCUT2D eigenvalue weighted by Gasteiger charge is -2.10. The van der Waals surface area contributed by atoms with Crippen molar-refractivity contribution in [3.8, 4) is 6.07 Å². The van der Waals surface area contributed by atoms with E-state index in [-0.39, 0.29) is 21.7 Å². The van der Waals surface area contributed by atoms with Gasteiger partial charge in [-0.2, -0.15) is 5.26 Å². The summed E-state index contributed by atoms with van der Waals surface area (Å²) in [5.74, 6) is -0.0656. The molecule has 110 valence electrons. The molecule has 1 aromatic carbocycles. The van der Waals surface area contributed by atoms with Gasteiger partial charge in [-0.1, -0.05) is 6.92 Å². The Hall–Kier alpha value is -1.23. The van der Waals surface area contributed by atoms with Gasteiger partial charge in [-0.3, -0.25) is 4.21 Å². The first-order valence-corrected chi connectivity index (χ1v) is 9.24. The number of nitriles is 1. The van der Waals surface area contributed by atoms with Crippen LogP contribution in [-0.2, 0) is 20.6 Å². The topological polar surface area (TPSA) is 101 Å². The second kappa shape index (κ2) is 7.53. The predicted molar refractivity (Wildman–Crippen MR) is 79.4 cm³/mol. The average molecular weight is 314 g/mol. The molecule has 1 rings (SSSR count). The first-order chi connectivity index (χ1) is 9.40.